The molecule has 2 aromatic carbocycles. The molecule has 0 bridgehead atoms. The first-order valence-corrected chi connectivity index (χ1v) is 13.5. The number of carbonyl (C=O) groups excluding carboxylic acids is 2. The number of methoxy groups -OCH3 is 1. The van der Waals surface area contributed by atoms with Crippen LogP contribution in [0, 0.1) is 0 Å². The molecule has 0 saturated carbocycles. The van der Waals surface area contributed by atoms with Crippen LogP contribution in [-0.2, 0) is 14.4 Å². The molecule has 3 amide bonds. The molecule has 0 unspecified atom stereocenters. The normalized spacial score (nSPS) is 16.3. The minimum Gasteiger partial charge on any atom is -0.497 e. The summed E-state index contributed by atoms with van der Waals surface area (Å²) >= 11 is 0. The standard InChI is InChI=1S/C30H35N5O7/c1-18-25(28(37)38)16-26(29(39)40)19(2)34(18)23-9-7-22(8-10-23)32-30(41)35(31)27(36)17-33-13-11-20(12-14-33)21-5-4-6-24(15-21)42-3/h4-10,15,20H,11-14,16-17,31H2,1-3H3,(H,32,41)(H,37,38)(H,39,40). The number of piperidine rings is 1. The van der Waals surface area contributed by atoms with Crippen LogP contribution in [0.4, 0.5) is 16.2 Å². The third kappa shape index (κ3) is 6.61. The van der Waals surface area contributed by atoms with E-state index in [1.165, 1.54) is 5.56 Å². The molecule has 12 heteroatoms. The molecular formula is C30H35N5O7. The number of nitrogens with two attached hydrogens (primary N) is 1. The molecule has 0 radical (unpaired) electrons. The predicted molar refractivity (Wildman–Crippen MR) is 156 cm³/mol. The van der Waals surface area contributed by atoms with Crippen molar-refractivity contribution in [2.75, 3.05) is 37.0 Å². The number of hydrogen-bond donors (Lipinski definition) is 4. The van der Waals surface area contributed by atoms with Gasteiger partial charge in [-0.15, -0.1) is 0 Å². The Morgan fingerprint density at radius 2 is 1.57 bits per heavy atom. The van der Waals surface area contributed by atoms with Gasteiger partial charge in [-0.1, -0.05) is 12.1 Å². The first-order valence-electron chi connectivity index (χ1n) is 13.5. The number of carboxylic acid groups (broad SMARTS) is 2. The van der Waals surface area contributed by atoms with Gasteiger partial charge in [-0.3, -0.25) is 9.69 Å². The molecule has 0 aromatic heterocycles. The number of amides is 3. The van der Waals surface area contributed by atoms with Crippen molar-refractivity contribution >= 4 is 35.3 Å². The molecule has 0 atom stereocenters. The second-order valence-electron chi connectivity index (χ2n) is 10.3. The molecule has 1 saturated heterocycles. The fourth-order valence-electron chi connectivity index (χ4n) is 5.38. The Hall–Kier alpha value is -4.68. The Balaban J connectivity index is 1.35. The molecule has 4 rings (SSSR count). The largest absolute Gasteiger partial charge is 0.497 e. The molecule has 1 fully saturated rings. The maximum absolute atomic E-state index is 12.8. The highest BCUT2D eigenvalue weighted by Crippen LogP contribution is 2.35. The van der Waals surface area contributed by atoms with E-state index in [1.807, 2.05) is 23.1 Å². The number of allylic oxidation sites excluding steroid dienone is 2. The van der Waals surface area contributed by atoms with Crippen molar-refractivity contribution in [1.29, 1.82) is 0 Å². The van der Waals surface area contributed by atoms with Gasteiger partial charge in [0, 0.05) is 29.2 Å². The highest BCUT2D eigenvalue weighted by atomic mass is 16.5. The van der Waals surface area contributed by atoms with Gasteiger partial charge < -0.3 is 25.2 Å². The number of hydrogen-bond acceptors (Lipinski definition) is 8. The van der Waals surface area contributed by atoms with E-state index in [1.54, 1.807) is 50.1 Å². The first kappa shape index (κ1) is 30.3. The summed E-state index contributed by atoms with van der Waals surface area (Å²) in [5, 5.41) is 22.3. The molecule has 42 heavy (non-hydrogen) atoms. The molecule has 2 aromatic rings. The van der Waals surface area contributed by atoms with Crippen LogP contribution in [0.25, 0.3) is 0 Å². The lowest BCUT2D eigenvalue weighted by molar-refractivity contribution is -0.133. The first-order chi connectivity index (χ1) is 20.0. The lowest BCUT2D eigenvalue weighted by Gasteiger charge is -2.33. The van der Waals surface area contributed by atoms with Gasteiger partial charge in [-0.25, -0.2) is 20.2 Å². The van der Waals surface area contributed by atoms with Gasteiger partial charge in [0.25, 0.3) is 5.91 Å². The van der Waals surface area contributed by atoms with E-state index in [-0.39, 0.29) is 24.1 Å². The van der Waals surface area contributed by atoms with Crippen molar-refractivity contribution in [2.45, 2.75) is 39.0 Å². The third-order valence-corrected chi connectivity index (χ3v) is 7.79. The topological polar surface area (TPSA) is 166 Å². The van der Waals surface area contributed by atoms with E-state index in [9.17, 15) is 29.4 Å². The fraction of sp³-hybridized carbons (Fsp3) is 0.333. The van der Waals surface area contributed by atoms with Crippen molar-refractivity contribution in [1.82, 2.24) is 9.91 Å². The molecule has 222 valence electrons. The zero-order valence-electron chi connectivity index (χ0n) is 23.8. The SMILES string of the molecule is COc1cccc(C2CCN(CC(=O)N(N)C(=O)Nc3ccc(N4C(C)=C(C(=O)O)CC(C(=O)O)=C4C)cc3)CC2)c1. The smallest absolute Gasteiger partial charge is 0.343 e. The van der Waals surface area contributed by atoms with Crippen molar-refractivity contribution in [3.05, 3.63) is 76.6 Å². The van der Waals surface area contributed by atoms with Gasteiger partial charge in [0.2, 0.25) is 0 Å². The maximum atomic E-state index is 12.8. The average molecular weight is 578 g/mol. The molecule has 0 spiro atoms. The second-order valence-corrected chi connectivity index (χ2v) is 10.3. The Morgan fingerprint density at radius 3 is 2.12 bits per heavy atom. The quantitative estimate of drug-likeness (QED) is 0.206. The summed E-state index contributed by atoms with van der Waals surface area (Å²) in [6.45, 7) is 4.62. The lowest BCUT2D eigenvalue weighted by Crippen LogP contribution is -2.50. The van der Waals surface area contributed by atoms with Crippen LogP contribution in [0.3, 0.4) is 0 Å². The van der Waals surface area contributed by atoms with Gasteiger partial charge in [0.15, 0.2) is 0 Å². The number of ether oxygens (including phenoxy) is 1. The highest BCUT2D eigenvalue weighted by Gasteiger charge is 2.30. The van der Waals surface area contributed by atoms with Crippen molar-refractivity contribution in [3.63, 3.8) is 0 Å². The van der Waals surface area contributed by atoms with Gasteiger partial charge in [0.1, 0.15) is 5.75 Å². The van der Waals surface area contributed by atoms with E-state index < -0.39 is 23.9 Å². The highest BCUT2D eigenvalue weighted by molar-refractivity contribution is 6.01. The van der Waals surface area contributed by atoms with E-state index in [4.69, 9.17) is 10.6 Å². The number of hydrazine groups is 1. The number of aliphatic carboxylic acids is 2. The number of carboxylic acids is 2. The van der Waals surface area contributed by atoms with Gasteiger partial charge in [-0.2, -0.15) is 5.01 Å². The average Bonchev–Trinajstić information content (AvgIpc) is 2.97. The Kier molecular flexibility index (Phi) is 9.28. The zero-order valence-corrected chi connectivity index (χ0v) is 23.8. The number of benzene rings is 2. The van der Waals surface area contributed by atoms with Crippen LogP contribution in [0.1, 0.15) is 44.6 Å². The van der Waals surface area contributed by atoms with Crippen LogP contribution < -0.4 is 20.8 Å². The number of urea groups is 1. The van der Waals surface area contributed by atoms with Crippen LogP contribution in [0.5, 0.6) is 5.75 Å². The van der Waals surface area contributed by atoms with Gasteiger partial charge in [-0.05, 0) is 87.7 Å². The number of nitrogens with zero attached hydrogens (tertiary/aromatic N) is 3. The van der Waals surface area contributed by atoms with Crippen LogP contribution in [0.15, 0.2) is 71.1 Å². The maximum Gasteiger partial charge on any atom is 0.343 e. The minimum absolute atomic E-state index is 0.0116. The molecule has 5 N–H and O–H groups in total. The summed E-state index contributed by atoms with van der Waals surface area (Å²) in [5.74, 6) is 4.10. The van der Waals surface area contributed by atoms with Crippen molar-refractivity contribution < 1.29 is 34.1 Å². The molecular weight excluding hydrogens is 542 g/mol. The monoisotopic (exact) mass is 577 g/mol. The lowest BCUT2D eigenvalue weighted by atomic mass is 9.89. The molecule has 2 heterocycles. The van der Waals surface area contributed by atoms with Gasteiger partial charge in [0.05, 0.1) is 24.8 Å². The summed E-state index contributed by atoms with van der Waals surface area (Å²) in [4.78, 5) is 52.4. The minimum atomic E-state index is -1.19. The van der Waals surface area contributed by atoms with Crippen molar-refractivity contribution in [3.8, 4) is 5.75 Å². The summed E-state index contributed by atoms with van der Waals surface area (Å²) < 4.78 is 5.32. The van der Waals surface area contributed by atoms with E-state index in [2.05, 4.69) is 11.4 Å². The molecule has 2 aliphatic heterocycles. The number of anilines is 2. The van der Waals surface area contributed by atoms with Gasteiger partial charge >= 0.3 is 18.0 Å². The fourth-order valence-corrected chi connectivity index (χ4v) is 5.38. The zero-order chi connectivity index (χ0) is 30.6. The number of likely N-dealkylation sites (tertiary alicyclic amines) is 1. The van der Waals surface area contributed by atoms with E-state index in [0.29, 0.717) is 46.8 Å². The second kappa shape index (κ2) is 12.9. The van der Waals surface area contributed by atoms with Crippen LogP contribution >= 0.6 is 0 Å². The Bertz CT molecular complexity index is 1410. The Morgan fingerprint density at radius 1 is 0.976 bits per heavy atom. The number of carbonyl (C=O) groups is 4. The number of imide groups is 1. The number of nitrogens with one attached hydrogen (secondary N) is 1. The summed E-state index contributed by atoms with van der Waals surface area (Å²) in [5.41, 5.74) is 2.82. The van der Waals surface area contributed by atoms with Crippen LogP contribution in [-0.4, -0.2) is 70.7 Å². The molecule has 0 aliphatic carbocycles. The number of rotatable bonds is 8. The third-order valence-electron chi connectivity index (χ3n) is 7.79. The predicted octanol–water partition coefficient (Wildman–Crippen LogP) is 3.74. The molecule has 2 aliphatic rings. The molecule has 12 nitrogen and oxygen atoms in total. The summed E-state index contributed by atoms with van der Waals surface area (Å²) in [6.07, 6.45) is 1.55. The van der Waals surface area contributed by atoms with Crippen molar-refractivity contribution in [2.24, 2.45) is 5.84 Å². The van der Waals surface area contributed by atoms with Crippen LogP contribution in [0.2, 0.25) is 0 Å². The van der Waals surface area contributed by atoms with E-state index in [0.717, 1.165) is 18.6 Å². The summed E-state index contributed by atoms with van der Waals surface area (Å²) in [7, 11) is 1.64. The Labute approximate surface area is 243 Å². The van der Waals surface area contributed by atoms with E-state index >= 15 is 0 Å². The summed E-state index contributed by atoms with van der Waals surface area (Å²) in [6, 6.07) is 13.5.